The van der Waals surface area contributed by atoms with Crippen LogP contribution in [0, 0.1) is 0 Å². The Morgan fingerprint density at radius 2 is 1.90 bits per heavy atom. The summed E-state index contributed by atoms with van der Waals surface area (Å²) in [5, 5.41) is 12.1. The summed E-state index contributed by atoms with van der Waals surface area (Å²) in [6, 6.07) is 4.26. The number of nitrogens with one attached hydrogen (secondary N) is 1. The van der Waals surface area contributed by atoms with E-state index in [-0.39, 0.29) is 17.2 Å². The average molecular weight is 297 g/mol. The van der Waals surface area contributed by atoms with E-state index in [9.17, 15) is 9.59 Å². The maximum Gasteiger partial charge on any atom is 0.337 e. The van der Waals surface area contributed by atoms with E-state index >= 15 is 0 Å². The number of hydrogen-bond donors (Lipinski definition) is 3. The summed E-state index contributed by atoms with van der Waals surface area (Å²) < 4.78 is 0. The number of carbonyl (C=O) groups is 2. The molecule has 0 unspecified atom stereocenters. The van der Waals surface area contributed by atoms with Crippen LogP contribution in [-0.2, 0) is 4.79 Å². The van der Waals surface area contributed by atoms with Crippen molar-refractivity contribution < 1.29 is 14.7 Å². The molecule has 1 fully saturated rings. The molecule has 0 aliphatic heterocycles. The Morgan fingerprint density at radius 3 is 2.50 bits per heavy atom. The molecule has 0 radical (unpaired) electrons. The molecule has 0 bridgehead atoms. The zero-order chi connectivity index (χ0) is 14.8. The van der Waals surface area contributed by atoms with E-state index in [1.54, 1.807) is 0 Å². The van der Waals surface area contributed by atoms with Gasteiger partial charge in [-0.2, -0.15) is 0 Å². The van der Waals surface area contributed by atoms with Gasteiger partial charge in [0.15, 0.2) is 0 Å². The molecule has 1 aromatic carbocycles. The summed E-state index contributed by atoms with van der Waals surface area (Å²) in [5.41, 5.74) is 5.39. The summed E-state index contributed by atoms with van der Waals surface area (Å²) in [4.78, 5) is 23.4. The molecule has 0 spiro atoms. The number of carboxylic acids is 1. The van der Waals surface area contributed by atoms with Gasteiger partial charge in [0.05, 0.1) is 16.8 Å². The van der Waals surface area contributed by atoms with E-state index in [0.717, 1.165) is 19.3 Å². The van der Waals surface area contributed by atoms with Gasteiger partial charge in [-0.3, -0.25) is 4.79 Å². The van der Waals surface area contributed by atoms with Crippen molar-refractivity contribution in [3.05, 3.63) is 28.8 Å². The fraction of sp³-hybridized carbons (Fsp3) is 0.429. The highest BCUT2D eigenvalue weighted by atomic mass is 35.5. The Bertz CT molecular complexity index is 539. The highest BCUT2D eigenvalue weighted by Crippen LogP contribution is 2.28. The molecule has 2 rings (SSSR count). The molecule has 20 heavy (non-hydrogen) atoms. The second kappa shape index (κ2) is 5.81. The predicted molar refractivity (Wildman–Crippen MR) is 77.0 cm³/mol. The number of halogens is 1. The Balaban J connectivity index is 2.23. The molecule has 1 aliphatic carbocycles. The summed E-state index contributed by atoms with van der Waals surface area (Å²) in [7, 11) is 0. The van der Waals surface area contributed by atoms with E-state index in [0.29, 0.717) is 17.9 Å². The number of amides is 1. The molecule has 0 atom stereocenters. The van der Waals surface area contributed by atoms with Gasteiger partial charge in [0.2, 0.25) is 5.91 Å². The molecule has 0 saturated heterocycles. The zero-order valence-electron chi connectivity index (χ0n) is 11.0. The van der Waals surface area contributed by atoms with Crippen LogP contribution < -0.4 is 11.1 Å². The lowest BCUT2D eigenvalue weighted by atomic mass is 9.82. The lowest BCUT2D eigenvalue weighted by molar-refractivity contribution is -0.122. The molecular weight excluding hydrogens is 280 g/mol. The monoisotopic (exact) mass is 296 g/mol. The third-order valence-corrected chi connectivity index (χ3v) is 3.89. The molecule has 108 valence electrons. The van der Waals surface area contributed by atoms with Crippen molar-refractivity contribution in [3.8, 4) is 0 Å². The van der Waals surface area contributed by atoms with Crippen molar-refractivity contribution in [1.29, 1.82) is 0 Å². The number of aromatic carboxylic acids is 1. The van der Waals surface area contributed by atoms with Crippen LogP contribution >= 0.6 is 11.6 Å². The summed E-state index contributed by atoms with van der Waals surface area (Å²) in [6.45, 7) is 0. The van der Waals surface area contributed by atoms with Gasteiger partial charge in [-0.05, 0) is 31.0 Å². The SMILES string of the molecule is NC1(C(=O)Nc2cc(Cl)ccc2C(=O)O)CCCCC1. The Labute approximate surface area is 122 Å². The average Bonchev–Trinajstić information content (AvgIpc) is 2.39. The molecule has 1 amide bonds. The standard InChI is InChI=1S/C14H17ClN2O3/c15-9-4-5-10(12(18)19)11(8-9)17-13(20)14(16)6-2-1-3-7-14/h4-5,8H,1-3,6-7,16H2,(H,17,20)(H,18,19). The van der Waals surface area contributed by atoms with Gasteiger partial charge in [-0.25, -0.2) is 4.79 Å². The van der Waals surface area contributed by atoms with Crippen LogP contribution in [0.15, 0.2) is 18.2 Å². The molecule has 0 aromatic heterocycles. The molecule has 1 aromatic rings. The van der Waals surface area contributed by atoms with Crippen LogP contribution in [0.2, 0.25) is 5.02 Å². The van der Waals surface area contributed by atoms with E-state index in [4.69, 9.17) is 22.4 Å². The minimum atomic E-state index is -1.12. The lowest BCUT2D eigenvalue weighted by Gasteiger charge is -2.32. The maximum atomic E-state index is 12.3. The number of rotatable bonds is 3. The number of nitrogens with two attached hydrogens (primary N) is 1. The van der Waals surface area contributed by atoms with E-state index in [1.807, 2.05) is 0 Å². The molecule has 4 N–H and O–H groups in total. The second-order valence-corrected chi connectivity index (χ2v) is 5.60. The highest BCUT2D eigenvalue weighted by molar-refractivity contribution is 6.31. The van der Waals surface area contributed by atoms with Gasteiger partial charge in [0.25, 0.3) is 0 Å². The van der Waals surface area contributed by atoms with Crippen molar-refractivity contribution in [3.63, 3.8) is 0 Å². The van der Waals surface area contributed by atoms with Gasteiger partial charge in [-0.1, -0.05) is 30.9 Å². The van der Waals surface area contributed by atoms with Gasteiger partial charge in [-0.15, -0.1) is 0 Å². The van der Waals surface area contributed by atoms with Crippen LogP contribution in [0.3, 0.4) is 0 Å². The van der Waals surface area contributed by atoms with Gasteiger partial charge >= 0.3 is 5.97 Å². The topological polar surface area (TPSA) is 92.4 Å². The fourth-order valence-electron chi connectivity index (χ4n) is 2.46. The lowest BCUT2D eigenvalue weighted by Crippen LogP contribution is -2.52. The van der Waals surface area contributed by atoms with Gasteiger partial charge < -0.3 is 16.2 Å². The van der Waals surface area contributed by atoms with Crippen molar-refractivity contribution >= 4 is 29.2 Å². The first-order valence-electron chi connectivity index (χ1n) is 6.55. The number of hydrogen-bond acceptors (Lipinski definition) is 3. The first kappa shape index (κ1) is 14.8. The van der Waals surface area contributed by atoms with Crippen molar-refractivity contribution in [1.82, 2.24) is 0 Å². The second-order valence-electron chi connectivity index (χ2n) is 5.17. The van der Waals surface area contributed by atoms with Crippen molar-refractivity contribution in [2.24, 2.45) is 5.73 Å². The number of anilines is 1. The van der Waals surface area contributed by atoms with Crippen LogP contribution in [0.4, 0.5) is 5.69 Å². The summed E-state index contributed by atoms with van der Waals surface area (Å²) >= 11 is 5.85. The minimum absolute atomic E-state index is 0.00200. The Hall–Kier alpha value is -1.59. The molecule has 6 heteroatoms. The van der Waals surface area contributed by atoms with Gasteiger partial charge in [0, 0.05) is 5.02 Å². The van der Waals surface area contributed by atoms with Gasteiger partial charge in [0.1, 0.15) is 0 Å². The molecule has 1 aliphatic rings. The van der Waals surface area contributed by atoms with Crippen molar-refractivity contribution in [2.45, 2.75) is 37.6 Å². The van der Waals surface area contributed by atoms with E-state index < -0.39 is 11.5 Å². The molecule has 0 heterocycles. The molecular formula is C14H17ClN2O3. The van der Waals surface area contributed by atoms with E-state index in [2.05, 4.69) is 5.32 Å². The first-order chi connectivity index (χ1) is 9.42. The Morgan fingerprint density at radius 1 is 1.25 bits per heavy atom. The quantitative estimate of drug-likeness (QED) is 0.799. The number of carbonyl (C=O) groups excluding carboxylic acids is 1. The smallest absolute Gasteiger partial charge is 0.337 e. The fourth-order valence-corrected chi connectivity index (χ4v) is 2.64. The first-order valence-corrected chi connectivity index (χ1v) is 6.93. The predicted octanol–water partition coefficient (Wildman–Crippen LogP) is 2.64. The normalized spacial score (nSPS) is 17.5. The third-order valence-electron chi connectivity index (χ3n) is 3.66. The number of benzene rings is 1. The molecule has 1 saturated carbocycles. The summed E-state index contributed by atoms with van der Waals surface area (Å²) in [5.74, 6) is -1.46. The van der Waals surface area contributed by atoms with Crippen LogP contribution in [0.1, 0.15) is 42.5 Å². The zero-order valence-corrected chi connectivity index (χ0v) is 11.7. The highest BCUT2D eigenvalue weighted by Gasteiger charge is 2.35. The maximum absolute atomic E-state index is 12.3. The van der Waals surface area contributed by atoms with Crippen molar-refractivity contribution in [2.75, 3.05) is 5.32 Å². The van der Waals surface area contributed by atoms with E-state index in [1.165, 1.54) is 18.2 Å². The summed E-state index contributed by atoms with van der Waals surface area (Å²) in [6.07, 6.45) is 4.11. The minimum Gasteiger partial charge on any atom is -0.478 e. The Kier molecular flexibility index (Phi) is 4.30. The third kappa shape index (κ3) is 3.11. The van der Waals surface area contributed by atoms with Crippen LogP contribution in [0.25, 0.3) is 0 Å². The van der Waals surface area contributed by atoms with Crippen LogP contribution in [0.5, 0.6) is 0 Å². The largest absolute Gasteiger partial charge is 0.478 e. The molecule has 5 nitrogen and oxygen atoms in total. The van der Waals surface area contributed by atoms with Crippen LogP contribution in [-0.4, -0.2) is 22.5 Å². The number of carboxylic acid groups (broad SMARTS) is 1.